The predicted octanol–water partition coefficient (Wildman–Crippen LogP) is 2.84. The molecule has 0 unspecified atom stereocenters. The molecule has 2 saturated heterocycles. The number of nitrogens with zero attached hydrogens (tertiary/aromatic N) is 1. The fourth-order valence-corrected chi connectivity index (χ4v) is 6.53. The van der Waals surface area contributed by atoms with Crippen molar-refractivity contribution in [3.05, 3.63) is 41.7 Å². The van der Waals surface area contributed by atoms with E-state index in [1.54, 1.807) is 5.57 Å². The number of fused-ring (bicyclic) bond motifs is 2. The number of esters is 1. The van der Waals surface area contributed by atoms with Crippen LogP contribution in [-0.4, -0.2) is 44.8 Å². The first-order valence-corrected chi connectivity index (χ1v) is 11.7. The van der Waals surface area contributed by atoms with Gasteiger partial charge in [0.15, 0.2) is 0 Å². The molecule has 0 spiro atoms. The number of nitrogens with one attached hydrogen (secondary N) is 1. The molecule has 5 rings (SSSR count). The van der Waals surface area contributed by atoms with Gasteiger partial charge in [0.2, 0.25) is 0 Å². The largest absolute Gasteiger partial charge is 0.461 e. The molecule has 1 saturated carbocycles. The zero-order valence-electron chi connectivity index (χ0n) is 18.2. The van der Waals surface area contributed by atoms with Gasteiger partial charge in [-0.05, 0) is 54.9 Å². The highest BCUT2D eigenvalue weighted by atomic mass is 19.1. The number of quaternary nitrogens is 1. The van der Waals surface area contributed by atoms with Gasteiger partial charge in [0.05, 0.1) is 32.7 Å². The summed E-state index contributed by atoms with van der Waals surface area (Å²) < 4.78 is 19.1. The van der Waals surface area contributed by atoms with Crippen LogP contribution in [0.15, 0.2) is 35.9 Å². The highest BCUT2D eigenvalue weighted by Crippen LogP contribution is 2.53. The number of halogens is 1. The fourth-order valence-electron chi connectivity index (χ4n) is 6.53. The molecule has 0 amide bonds. The molecule has 4 aliphatic rings. The summed E-state index contributed by atoms with van der Waals surface area (Å²) in [5, 5.41) is 0. The quantitative estimate of drug-likeness (QED) is 0.611. The Labute approximate surface area is 179 Å². The Balaban J connectivity index is 1.25. The maximum Gasteiger partial charge on any atom is 0.315 e. The van der Waals surface area contributed by atoms with Crippen molar-refractivity contribution >= 4 is 11.7 Å². The molecule has 0 radical (unpaired) electrons. The van der Waals surface area contributed by atoms with Gasteiger partial charge in [-0.2, -0.15) is 0 Å². The van der Waals surface area contributed by atoms with Crippen LogP contribution in [0, 0.1) is 29.0 Å². The van der Waals surface area contributed by atoms with Gasteiger partial charge in [-0.15, -0.1) is 0 Å². The lowest BCUT2D eigenvalue weighted by molar-refractivity contribution is -0.903. The van der Waals surface area contributed by atoms with Crippen LogP contribution in [0.5, 0.6) is 0 Å². The number of anilines is 1. The van der Waals surface area contributed by atoms with Gasteiger partial charge in [0.1, 0.15) is 17.8 Å². The summed E-state index contributed by atoms with van der Waals surface area (Å²) in [7, 11) is 0. The Morgan fingerprint density at radius 3 is 2.70 bits per heavy atom. The Morgan fingerprint density at radius 1 is 1.23 bits per heavy atom. The summed E-state index contributed by atoms with van der Waals surface area (Å²) in [6.07, 6.45) is 7.32. The molecule has 5 heteroatoms. The average molecular weight is 414 g/mol. The second kappa shape index (κ2) is 7.67. The van der Waals surface area contributed by atoms with Gasteiger partial charge in [-0.25, -0.2) is 4.39 Å². The lowest BCUT2D eigenvalue weighted by Gasteiger charge is -2.46. The standard InChI is InChI=1S/C25H33FN2O2/c1-17-4-3-9-25(2)15-23-20(14-22(17)25)21(24(29)30-23)16-27-10-12-28(13-11-27)19-7-5-18(26)6-8-19/h5-8,14,17,20-21,23H,3-4,9-13,15-16H2,1-2H3/p+1/t17-,20+,21+,23+,25+/m0/s1. The molecule has 3 fully saturated rings. The van der Waals surface area contributed by atoms with Crippen molar-refractivity contribution in [2.45, 2.75) is 45.6 Å². The third-order valence-corrected chi connectivity index (χ3v) is 8.25. The Hall–Kier alpha value is -1.88. The lowest BCUT2D eigenvalue weighted by atomic mass is 9.59. The molecule has 2 aliphatic carbocycles. The third kappa shape index (κ3) is 3.55. The van der Waals surface area contributed by atoms with E-state index in [4.69, 9.17) is 4.74 Å². The topological polar surface area (TPSA) is 34.0 Å². The van der Waals surface area contributed by atoms with Crippen molar-refractivity contribution < 1.29 is 18.8 Å². The van der Waals surface area contributed by atoms with E-state index in [1.165, 1.54) is 36.3 Å². The molecule has 2 heterocycles. The highest BCUT2D eigenvalue weighted by Gasteiger charge is 2.52. The zero-order valence-corrected chi connectivity index (χ0v) is 18.2. The summed E-state index contributed by atoms with van der Waals surface area (Å²) in [4.78, 5) is 16.6. The van der Waals surface area contributed by atoms with Crippen molar-refractivity contribution in [1.82, 2.24) is 0 Å². The number of carbonyl (C=O) groups is 1. The van der Waals surface area contributed by atoms with E-state index >= 15 is 0 Å². The normalized spacial score (nSPS) is 36.7. The number of hydrogen-bond acceptors (Lipinski definition) is 3. The lowest BCUT2D eigenvalue weighted by Crippen LogP contribution is -3.15. The SMILES string of the molecule is C[C@H]1CCC[C@]2(C)C[C@H]3OC(=O)[C@H](C[NH+]4CCN(c5ccc(F)cc5)CC4)[C@H]3C=C12. The molecule has 2 aliphatic heterocycles. The Bertz CT molecular complexity index is 830. The van der Waals surface area contributed by atoms with Crippen LogP contribution in [-0.2, 0) is 9.53 Å². The second-order valence-corrected chi connectivity index (χ2v) is 10.3. The minimum absolute atomic E-state index is 0.00597. The summed E-state index contributed by atoms with van der Waals surface area (Å²) in [6, 6.07) is 6.77. The average Bonchev–Trinajstić information content (AvgIpc) is 3.01. The summed E-state index contributed by atoms with van der Waals surface area (Å²) in [5.74, 6) is 0.706. The van der Waals surface area contributed by atoms with Crippen molar-refractivity contribution in [3.8, 4) is 0 Å². The number of allylic oxidation sites excluding steroid dienone is 1. The molecule has 162 valence electrons. The molecule has 0 aromatic heterocycles. The van der Waals surface area contributed by atoms with E-state index in [0.717, 1.165) is 44.8 Å². The van der Waals surface area contributed by atoms with E-state index in [9.17, 15) is 9.18 Å². The molecule has 1 N–H and O–H groups in total. The van der Waals surface area contributed by atoms with Gasteiger partial charge >= 0.3 is 5.97 Å². The van der Waals surface area contributed by atoms with E-state index < -0.39 is 0 Å². The second-order valence-electron chi connectivity index (χ2n) is 10.3. The minimum atomic E-state index is -0.192. The minimum Gasteiger partial charge on any atom is -0.461 e. The predicted molar refractivity (Wildman–Crippen MR) is 115 cm³/mol. The van der Waals surface area contributed by atoms with Crippen LogP contribution in [0.25, 0.3) is 0 Å². The fraction of sp³-hybridized carbons (Fsp3) is 0.640. The number of ether oxygens (including phenoxy) is 1. The molecule has 5 atom stereocenters. The Morgan fingerprint density at radius 2 is 1.97 bits per heavy atom. The highest BCUT2D eigenvalue weighted by molar-refractivity contribution is 5.76. The molecule has 30 heavy (non-hydrogen) atoms. The van der Waals surface area contributed by atoms with E-state index in [-0.39, 0.29) is 35.1 Å². The van der Waals surface area contributed by atoms with Crippen LogP contribution in [0.1, 0.15) is 39.5 Å². The Kier molecular flexibility index (Phi) is 5.12. The van der Waals surface area contributed by atoms with Crippen LogP contribution in [0.4, 0.5) is 10.1 Å². The number of benzene rings is 1. The van der Waals surface area contributed by atoms with E-state index in [0.29, 0.717) is 5.92 Å². The van der Waals surface area contributed by atoms with Gasteiger partial charge in [-0.3, -0.25) is 4.79 Å². The summed E-state index contributed by atoms with van der Waals surface area (Å²) in [6.45, 7) is 9.49. The summed E-state index contributed by atoms with van der Waals surface area (Å²) in [5.41, 5.74) is 2.90. The van der Waals surface area contributed by atoms with E-state index in [1.807, 2.05) is 12.1 Å². The molecular weight excluding hydrogens is 379 g/mol. The molecular formula is C25H34FN2O2+. The van der Waals surface area contributed by atoms with E-state index in [2.05, 4.69) is 24.8 Å². The van der Waals surface area contributed by atoms with Gasteiger partial charge in [-0.1, -0.05) is 31.9 Å². The van der Waals surface area contributed by atoms with Crippen LogP contribution < -0.4 is 9.80 Å². The molecule has 1 aromatic carbocycles. The van der Waals surface area contributed by atoms with Crippen molar-refractivity contribution in [2.24, 2.45) is 23.2 Å². The van der Waals surface area contributed by atoms with Crippen LogP contribution >= 0.6 is 0 Å². The van der Waals surface area contributed by atoms with Crippen molar-refractivity contribution in [1.29, 1.82) is 0 Å². The number of hydrogen-bond donors (Lipinski definition) is 1. The third-order valence-electron chi connectivity index (χ3n) is 8.25. The number of carbonyl (C=O) groups excluding carboxylic acids is 1. The van der Waals surface area contributed by atoms with Crippen LogP contribution in [0.3, 0.4) is 0 Å². The maximum absolute atomic E-state index is 13.2. The van der Waals surface area contributed by atoms with Crippen molar-refractivity contribution in [3.63, 3.8) is 0 Å². The maximum atomic E-state index is 13.2. The number of piperazine rings is 1. The smallest absolute Gasteiger partial charge is 0.315 e. The monoisotopic (exact) mass is 413 g/mol. The van der Waals surface area contributed by atoms with Gasteiger partial charge in [0, 0.05) is 11.6 Å². The first kappa shape index (κ1) is 20.0. The molecule has 4 nitrogen and oxygen atoms in total. The first-order valence-electron chi connectivity index (χ1n) is 11.7. The first-order chi connectivity index (χ1) is 14.4. The van der Waals surface area contributed by atoms with Crippen molar-refractivity contribution in [2.75, 3.05) is 37.6 Å². The molecule has 0 bridgehead atoms. The molecule has 1 aromatic rings. The summed E-state index contributed by atoms with van der Waals surface area (Å²) >= 11 is 0. The van der Waals surface area contributed by atoms with Gasteiger partial charge < -0.3 is 14.5 Å². The zero-order chi connectivity index (χ0) is 20.9. The van der Waals surface area contributed by atoms with Gasteiger partial charge in [0.25, 0.3) is 0 Å². The number of rotatable bonds is 3. The van der Waals surface area contributed by atoms with Crippen LogP contribution in [0.2, 0.25) is 0 Å².